The molecule has 0 atom stereocenters. The average Bonchev–Trinajstić information content (AvgIpc) is 2.61. The molecule has 1 aromatic heterocycles. The number of nitrogens with zero attached hydrogens (tertiary/aromatic N) is 5. The minimum Gasteiger partial charge on any atom is -0.362 e. The van der Waals surface area contributed by atoms with Gasteiger partial charge in [0.2, 0.25) is 0 Å². The first-order valence-corrected chi connectivity index (χ1v) is 8.54. The third kappa shape index (κ3) is 3.70. The van der Waals surface area contributed by atoms with Crippen molar-refractivity contribution < 1.29 is 4.92 Å². The summed E-state index contributed by atoms with van der Waals surface area (Å²) in [5.74, 6) is 2.08. The first-order valence-electron chi connectivity index (χ1n) is 8.54. The summed E-state index contributed by atoms with van der Waals surface area (Å²) in [7, 11) is 0. The molecule has 1 fully saturated rings. The molecule has 132 valence electrons. The van der Waals surface area contributed by atoms with E-state index in [2.05, 4.69) is 33.6 Å². The summed E-state index contributed by atoms with van der Waals surface area (Å²) in [5, 5.41) is 11.2. The molecule has 0 amide bonds. The van der Waals surface area contributed by atoms with Gasteiger partial charge in [0, 0.05) is 49.9 Å². The molecule has 0 N–H and O–H groups in total. The van der Waals surface area contributed by atoms with E-state index in [1.54, 1.807) is 12.1 Å². The lowest BCUT2D eigenvalue weighted by molar-refractivity contribution is -0.384. The fourth-order valence-electron chi connectivity index (χ4n) is 3.06. The maximum absolute atomic E-state index is 11.2. The summed E-state index contributed by atoms with van der Waals surface area (Å²) in [4.78, 5) is 24.4. The van der Waals surface area contributed by atoms with Crippen molar-refractivity contribution in [1.29, 1.82) is 0 Å². The Hall–Kier alpha value is -2.70. The van der Waals surface area contributed by atoms with Gasteiger partial charge in [-0.1, -0.05) is 26.0 Å². The molecule has 2 heterocycles. The molecule has 7 heteroatoms. The summed E-state index contributed by atoms with van der Waals surface area (Å²) in [6.07, 6.45) is 0. The molecule has 1 aliphatic rings. The van der Waals surface area contributed by atoms with Crippen molar-refractivity contribution in [2.75, 3.05) is 36.0 Å². The number of hydrogen-bond acceptors (Lipinski definition) is 6. The van der Waals surface area contributed by atoms with Crippen LogP contribution in [-0.2, 0) is 0 Å². The highest BCUT2D eigenvalue weighted by atomic mass is 16.6. The summed E-state index contributed by atoms with van der Waals surface area (Å²) < 4.78 is 0. The van der Waals surface area contributed by atoms with Crippen LogP contribution < -0.4 is 9.80 Å². The van der Waals surface area contributed by atoms with E-state index in [9.17, 15) is 10.1 Å². The van der Waals surface area contributed by atoms with E-state index in [0.29, 0.717) is 5.69 Å². The molecule has 0 aliphatic carbocycles. The van der Waals surface area contributed by atoms with Crippen molar-refractivity contribution in [3.05, 3.63) is 52.0 Å². The molecule has 0 radical (unpaired) electrons. The Morgan fingerprint density at radius 1 is 1.08 bits per heavy atom. The number of nitro groups is 1. The van der Waals surface area contributed by atoms with Crippen molar-refractivity contribution in [3.8, 4) is 0 Å². The number of aryl methyl sites for hydroxylation is 1. The highest BCUT2D eigenvalue weighted by molar-refractivity contribution is 5.63. The first-order chi connectivity index (χ1) is 12.0. The van der Waals surface area contributed by atoms with Crippen LogP contribution in [0.1, 0.15) is 31.3 Å². The Morgan fingerprint density at radius 3 is 2.36 bits per heavy atom. The zero-order chi connectivity index (χ0) is 18.0. The molecule has 2 aromatic rings. The summed E-state index contributed by atoms with van der Waals surface area (Å²) in [6.45, 7) is 9.17. The van der Waals surface area contributed by atoms with Crippen LogP contribution in [0.2, 0.25) is 0 Å². The lowest BCUT2D eigenvalue weighted by atomic mass is 10.2. The van der Waals surface area contributed by atoms with Crippen molar-refractivity contribution in [2.24, 2.45) is 0 Å². The third-order valence-corrected chi connectivity index (χ3v) is 4.40. The Morgan fingerprint density at radius 2 is 1.72 bits per heavy atom. The summed E-state index contributed by atoms with van der Waals surface area (Å²) in [5.41, 5.74) is 1.82. The van der Waals surface area contributed by atoms with Gasteiger partial charge in [0.15, 0.2) is 0 Å². The van der Waals surface area contributed by atoms with Gasteiger partial charge in [-0.05, 0) is 13.0 Å². The highest BCUT2D eigenvalue weighted by Gasteiger charge is 2.24. The quantitative estimate of drug-likeness (QED) is 0.628. The van der Waals surface area contributed by atoms with Crippen LogP contribution in [-0.4, -0.2) is 41.1 Å². The predicted octanol–water partition coefficient (Wildman–Crippen LogP) is 3.14. The molecule has 7 nitrogen and oxygen atoms in total. The number of aromatic nitrogens is 2. The van der Waals surface area contributed by atoms with Crippen LogP contribution in [0.25, 0.3) is 0 Å². The van der Waals surface area contributed by atoms with E-state index >= 15 is 0 Å². The van der Waals surface area contributed by atoms with Crippen molar-refractivity contribution >= 4 is 17.2 Å². The number of piperazine rings is 1. The minimum atomic E-state index is -0.315. The molecule has 25 heavy (non-hydrogen) atoms. The van der Waals surface area contributed by atoms with Gasteiger partial charge in [-0.2, -0.15) is 0 Å². The summed E-state index contributed by atoms with van der Waals surface area (Å²) in [6, 6.07) is 8.93. The minimum absolute atomic E-state index is 0.163. The van der Waals surface area contributed by atoms with Gasteiger partial charge in [0.25, 0.3) is 5.69 Å². The standard InChI is InChI=1S/C18H23N5O2/c1-13(2)18-19-14(3)12-17(20-18)22-10-8-21(9-11-22)15-6-4-5-7-16(15)23(24)25/h4-7,12-13H,8-11H2,1-3H3. The Balaban J connectivity index is 1.76. The Kier molecular flexibility index (Phi) is 4.83. The normalized spacial score (nSPS) is 14.9. The maximum atomic E-state index is 11.2. The molecule has 3 rings (SSSR count). The van der Waals surface area contributed by atoms with Gasteiger partial charge in [-0.25, -0.2) is 9.97 Å². The van der Waals surface area contributed by atoms with Gasteiger partial charge in [0.05, 0.1) is 4.92 Å². The zero-order valence-corrected chi connectivity index (χ0v) is 14.8. The van der Waals surface area contributed by atoms with Gasteiger partial charge in [-0.3, -0.25) is 10.1 Å². The average molecular weight is 341 g/mol. The number of rotatable bonds is 4. The zero-order valence-electron chi connectivity index (χ0n) is 14.8. The second-order valence-corrected chi connectivity index (χ2v) is 6.60. The van der Waals surface area contributed by atoms with E-state index in [0.717, 1.165) is 43.5 Å². The van der Waals surface area contributed by atoms with Crippen molar-refractivity contribution in [2.45, 2.75) is 26.7 Å². The van der Waals surface area contributed by atoms with Crippen LogP contribution >= 0.6 is 0 Å². The number of anilines is 2. The van der Waals surface area contributed by atoms with E-state index < -0.39 is 0 Å². The molecule has 0 bridgehead atoms. The number of nitro benzene ring substituents is 1. The smallest absolute Gasteiger partial charge is 0.292 e. The maximum Gasteiger partial charge on any atom is 0.292 e. The molecular formula is C18H23N5O2. The SMILES string of the molecule is Cc1cc(N2CCN(c3ccccc3[N+](=O)[O-])CC2)nc(C(C)C)n1. The fraction of sp³-hybridized carbons (Fsp3) is 0.444. The molecule has 0 unspecified atom stereocenters. The van der Waals surface area contributed by atoms with Crippen molar-refractivity contribution in [3.63, 3.8) is 0 Å². The number of para-hydroxylation sites is 2. The second-order valence-electron chi connectivity index (χ2n) is 6.60. The predicted molar refractivity (Wildman–Crippen MR) is 98.4 cm³/mol. The lowest BCUT2D eigenvalue weighted by Gasteiger charge is -2.36. The van der Waals surface area contributed by atoms with Crippen LogP contribution in [0.4, 0.5) is 17.2 Å². The third-order valence-electron chi connectivity index (χ3n) is 4.40. The van der Waals surface area contributed by atoms with Gasteiger partial charge in [-0.15, -0.1) is 0 Å². The molecular weight excluding hydrogens is 318 g/mol. The summed E-state index contributed by atoms with van der Waals surface area (Å²) >= 11 is 0. The topological polar surface area (TPSA) is 75.4 Å². The Labute approximate surface area is 147 Å². The number of hydrogen-bond donors (Lipinski definition) is 0. The largest absolute Gasteiger partial charge is 0.362 e. The van der Waals surface area contributed by atoms with Crippen LogP contribution in [0.5, 0.6) is 0 Å². The van der Waals surface area contributed by atoms with Crippen LogP contribution in [0.3, 0.4) is 0 Å². The Bertz CT molecular complexity index is 770. The molecule has 1 aliphatic heterocycles. The highest BCUT2D eigenvalue weighted by Crippen LogP contribution is 2.29. The molecule has 1 saturated heterocycles. The molecule has 0 spiro atoms. The molecule has 0 saturated carbocycles. The van der Waals surface area contributed by atoms with Crippen LogP contribution in [0.15, 0.2) is 30.3 Å². The van der Waals surface area contributed by atoms with Gasteiger partial charge < -0.3 is 9.80 Å². The molecule has 1 aromatic carbocycles. The van der Waals surface area contributed by atoms with E-state index in [1.165, 1.54) is 0 Å². The first kappa shape index (κ1) is 17.1. The van der Waals surface area contributed by atoms with Gasteiger partial charge >= 0.3 is 0 Å². The number of benzene rings is 1. The van der Waals surface area contributed by atoms with Crippen molar-refractivity contribution in [1.82, 2.24) is 9.97 Å². The second kappa shape index (κ2) is 7.04. The van der Waals surface area contributed by atoms with E-state index in [4.69, 9.17) is 0 Å². The lowest BCUT2D eigenvalue weighted by Crippen LogP contribution is -2.47. The fourth-order valence-corrected chi connectivity index (χ4v) is 3.06. The van der Waals surface area contributed by atoms with Gasteiger partial charge in [0.1, 0.15) is 17.3 Å². The van der Waals surface area contributed by atoms with E-state index in [-0.39, 0.29) is 16.5 Å². The van der Waals surface area contributed by atoms with Crippen LogP contribution in [0, 0.1) is 17.0 Å². The van der Waals surface area contributed by atoms with E-state index in [1.807, 2.05) is 25.1 Å². The monoisotopic (exact) mass is 341 g/mol.